The third kappa shape index (κ3) is 1.38. The summed E-state index contributed by atoms with van der Waals surface area (Å²) in [4.78, 5) is 25.8. The summed E-state index contributed by atoms with van der Waals surface area (Å²) in [7, 11) is 0. The van der Waals surface area contributed by atoms with Crippen molar-refractivity contribution in [3.05, 3.63) is 23.8 Å². The number of hydrogen-bond donors (Lipinski definition) is 1. The number of imide groups is 1. The Bertz CT molecular complexity index is 516. The first-order valence-electron chi connectivity index (χ1n) is 6.27. The third-order valence-corrected chi connectivity index (χ3v) is 4.11. The lowest BCUT2D eigenvalue weighted by Gasteiger charge is -2.18. The maximum Gasteiger partial charge on any atom is 0.237 e. The Morgan fingerprint density at radius 3 is 2.39 bits per heavy atom. The number of hydrogen-bond acceptors (Lipinski definition) is 3. The van der Waals surface area contributed by atoms with Gasteiger partial charge < -0.3 is 5.11 Å². The summed E-state index contributed by atoms with van der Waals surface area (Å²) < 4.78 is 0. The molecule has 4 nitrogen and oxygen atoms in total. The summed E-state index contributed by atoms with van der Waals surface area (Å²) in [5.41, 5.74) is 1.11. The quantitative estimate of drug-likeness (QED) is 0.770. The second-order valence-corrected chi connectivity index (χ2v) is 5.08. The Labute approximate surface area is 105 Å². The van der Waals surface area contributed by atoms with Crippen LogP contribution in [-0.4, -0.2) is 16.9 Å². The fraction of sp³-hybridized carbons (Fsp3) is 0.429. The molecular formula is C14H15NO3. The molecular weight excluding hydrogens is 230 g/mol. The fourth-order valence-electron chi connectivity index (χ4n) is 3.08. The van der Waals surface area contributed by atoms with Crippen molar-refractivity contribution in [2.24, 2.45) is 11.8 Å². The van der Waals surface area contributed by atoms with E-state index in [0.29, 0.717) is 11.3 Å². The summed E-state index contributed by atoms with van der Waals surface area (Å²) in [5, 5.41) is 9.69. The molecule has 3 rings (SSSR count). The van der Waals surface area contributed by atoms with Crippen LogP contribution in [0.4, 0.5) is 5.69 Å². The largest absolute Gasteiger partial charge is 0.508 e. The number of phenols is 1. The predicted molar refractivity (Wildman–Crippen MR) is 66.2 cm³/mol. The van der Waals surface area contributed by atoms with Gasteiger partial charge in [-0.15, -0.1) is 0 Å². The SMILES string of the molecule is Cc1c(O)cccc1N1C(=O)C2CCCC2C1=O. The number of phenolic OH excluding ortho intramolecular Hbond substituents is 1. The van der Waals surface area contributed by atoms with Crippen LogP contribution in [0.3, 0.4) is 0 Å². The van der Waals surface area contributed by atoms with E-state index in [1.54, 1.807) is 25.1 Å². The van der Waals surface area contributed by atoms with Crippen LogP contribution in [0.15, 0.2) is 18.2 Å². The third-order valence-electron chi connectivity index (χ3n) is 4.11. The van der Waals surface area contributed by atoms with Crippen LogP contribution in [0, 0.1) is 18.8 Å². The first-order chi connectivity index (χ1) is 8.61. The van der Waals surface area contributed by atoms with Crippen LogP contribution in [0.1, 0.15) is 24.8 Å². The van der Waals surface area contributed by atoms with Crippen molar-refractivity contribution in [1.82, 2.24) is 0 Å². The van der Waals surface area contributed by atoms with Crippen molar-refractivity contribution in [1.29, 1.82) is 0 Å². The molecule has 1 N–H and O–H groups in total. The lowest BCUT2D eigenvalue weighted by Crippen LogP contribution is -2.32. The Kier molecular flexibility index (Phi) is 2.40. The van der Waals surface area contributed by atoms with E-state index < -0.39 is 0 Å². The molecule has 2 amide bonds. The van der Waals surface area contributed by atoms with E-state index in [2.05, 4.69) is 0 Å². The summed E-state index contributed by atoms with van der Waals surface area (Å²) in [6, 6.07) is 4.93. The van der Waals surface area contributed by atoms with E-state index in [1.807, 2.05) is 0 Å². The maximum atomic E-state index is 12.3. The summed E-state index contributed by atoms with van der Waals surface area (Å²) in [5.74, 6) is -0.365. The van der Waals surface area contributed by atoms with Crippen LogP contribution in [0.25, 0.3) is 0 Å². The Balaban J connectivity index is 2.05. The number of carbonyl (C=O) groups is 2. The molecule has 2 fully saturated rings. The number of aromatic hydroxyl groups is 1. The van der Waals surface area contributed by atoms with E-state index in [0.717, 1.165) is 19.3 Å². The number of rotatable bonds is 1. The average Bonchev–Trinajstić information content (AvgIpc) is 2.90. The molecule has 1 heterocycles. The smallest absolute Gasteiger partial charge is 0.237 e. The lowest BCUT2D eigenvalue weighted by molar-refractivity contribution is -0.122. The number of benzene rings is 1. The monoisotopic (exact) mass is 245 g/mol. The topological polar surface area (TPSA) is 57.6 Å². The van der Waals surface area contributed by atoms with Gasteiger partial charge in [0.2, 0.25) is 11.8 Å². The van der Waals surface area contributed by atoms with Crippen molar-refractivity contribution in [3.63, 3.8) is 0 Å². The normalized spacial score (nSPS) is 26.8. The average molecular weight is 245 g/mol. The zero-order valence-electron chi connectivity index (χ0n) is 10.2. The molecule has 0 aromatic heterocycles. The predicted octanol–water partition coefficient (Wildman–Crippen LogP) is 1.99. The number of anilines is 1. The molecule has 1 saturated heterocycles. The van der Waals surface area contributed by atoms with Crippen molar-refractivity contribution in [2.45, 2.75) is 26.2 Å². The molecule has 1 saturated carbocycles. The highest BCUT2D eigenvalue weighted by Crippen LogP contribution is 2.42. The van der Waals surface area contributed by atoms with Crippen LogP contribution in [0.5, 0.6) is 5.75 Å². The molecule has 0 bridgehead atoms. The summed E-state index contributed by atoms with van der Waals surface area (Å²) in [6.07, 6.45) is 2.58. The zero-order valence-corrected chi connectivity index (χ0v) is 10.2. The highest BCUT2D eigenvalue weighted by Gasteiger charge is 2.50. The van der Waals surface area contributed by atoms with Gasteiger partial charge in [-0.05, 0) is 31.9 Å². The van der Waals surface area contributed by atoms with Gasteiger partial charge in [0, 0.05) is 5.56 Å². The fourth-order valence-corrected chi connectivity index (χ4v) is 3.08. The number of fused-ring (bicyclic) bond motifs is 1. The maximum absolute atomic E-state index is 12.3. The van der Waals surface area contributed by atoms with Crippen molar-refractivity contribution >= 4 is 17.5 Å². The van der Waals surface area contributed by atoms with Gasteiger partial charge in [-0.25, -0.2) is 4.90 Å². The molecule has 1 aromatic rings. The molecule has 2 aliphatic rings. The Morgan fingerprint density at radius 1 is 1.17 bits per heavy atom. The second kappa shape index (κ2) is 3.83. The number of carbonyl (C=O) groups excluding carboxylic acids is 2. The van der Waals surface area contributed by atoms with Gasteiger partial charge in [-0.2, -0.15) is 0 Å². The molecule has 0 spiro atoms. The Morgan fingerprint density at radius 2 is 1.78 bits per heavy atom. The standard InChI is InChI=1S/C14H15NO3/c1-8-11(6-3-7-12(8)16)15-13(17)9-4-2-5-10(9)14(15)18/h3,6-7,9-10,16H,2,4-5H2,1H3. The van der Waals surface area contributed by atoms with E-state index in [-0.39, 0.29) is 29.4 Å². The van der Waals surface area contributed by atoms with Gasteiger partial charge in [0.1, 0.15) is 5.75 Å². The van der Waals surface area contributed by atoms with Crippen LogP contribution >= 0.6 is 0 Å². The zero-order chi connectivity index (χ0) is 12.9. The van der Waals surface area contributed by atoms with Gasteiger partial charge in [0.15, 0.2) is 0 Å². The van der Waals surface area contributed by atoms with Crippen molar-refractivity contribution < 1.29 is 14.7 Å². The van der Waals surface area contributed by atoms with Crippen LogP contribution in [0.2, 0.25) is 0 Å². The van der Waals surface area contributed by atoms with Gasteiger partial charge in [-0.1, -0.05) is 12.5 Å². The van der Waals surface area contributed by atoms with Crippen molar-refractivity contribution in [2.75, 3.05) is 4.90 Å². The minimum absolute atomic E-state index is 0.101. The van der Waals surface area contributed by atoms with Crippen LogP contribution in [-0.2, 0) is 9.59 Å². The molecule has 1 aliphatic heterocycles. The molecule has 0 radical (unpaired) electrons. The number of amides is 2. The van der Waals surface area contributed by atoms with E-state index in [4.69, 9.17) is 0 Å². The first kappa shape index (κ1) is 11.3. The van der Waals surface area contributed by atoms with Gasteiger partial charge in [0.25, 0.3) is 0 Å². The molecule has 1 aliphatic carbocycles. The Hall–Kier alpha value is -1.84. The summed E-state index contributed by atoms with van der Waals surface area (Å²) >= 11 is 0. The van der Waals surface area contributed by atoms with Gasteiger partial charge >= 0.3 is 0 Å². The molecule has 2 unspecified atom stereocenters. The van der Waals surface area contributed by atoms with Crippen LogP contribution < -0.4 is 4.90 Å². The van der Waals surface area contributed by atoms with E-state index >= 15 is 0 Å². The summed E-state index contributed by atoms with van der Waals surface area (Å²) in [6.45, 7) is 1.72. The minimum atomic E-state index is -0.140. The van der Waals surface area contributed by atoms with E-state index in [9.17, 15) is 14.7 Å². The molecule has 18 heavy (non-hydrogen) atoms. The first-order valence-corrected chi connectivity index (χ1v) is 6.27. The highest BCUT2D eigenvalue weighted by molar-refractivity contribution is 6.22. The highest BCUT2D eigenvalue weighted by atomic mass is 16.3. The molecule has 2 atom stereocenters. The van der Waals surface area contributed by atoms with Gasteiger partial charge in [0.05, 0.1) is 17.5 Å². The minimum Gasteiger partial charge on any atom is -0.508 e. The van der Waals surface area contributed by atoms with E-state index in [1.165, 1.54) is 4.90 Å². The van der Waals surface area contributed by atoms with Crippen molar-refractivity contribution in [3.8, 4) is 5.75 Å². The molecule has 4 heteroatoms. The van der Waals surface area contributed by atoms with Gasteiger partial charge in [-0.3, -0.25) is 9.59 Å². The molecule has 94 valence electrons. The lowest BCUT2D eigenvalue weighted by atomic mass is 10.00. The number of nitrogens with zero attached hydrogens (tertiary/aromatic N) is 1. The molecule has 1 aromatic carbocycles. The second-order valence-electron chi connectivity index (χ2n) is 5.08.